The molecule has 0 saturated carbocycles. The van der Waals surface area contributed by atoms with Crippen LogP contribution >= 0.6 is 0 Å². The summed E-state index contributed by atoms with van der Waals surface area (Å²) >= 11 is 0. The van der Waals surface area contributed by atoms with Crippen molar-refractivity contribution in [2.24, 2.45) is 0 Å². The largest absolute Gasteiger partial charge is 0.363 e. The monoisotopic (exact) mass is 465 g/mol. The van der Waals surface area contributed by atoms with Crippen molar-refractivity contribution < 1.29 is 17.7 Å². The van der Waals surface area contributed by atoms with Crippen molar-refractivity contribution >= 4 is 32.6 Å². The van der Waals surface area contributed by atoms with Crippen molar-refractivity contribution in [3.63, 3.8) is 0 Å². The lowest BCUT2D eigenvalue weighted by atomic mass is 10.0. The van der Waals surface area contributed by atoms with Gasteiger partial charge in [0.25, 0.3) is 5.91 Å². The first kappa shape index (κ1) is 21.3. The van der Waals surface area contributed by atoms with Crippen molar-refractivity contribution in [1.82, 2.24) is 19.9 Å². The lowest BCUT2D eigenvalue weighted by Crippen LogP contribution is -2.15. The van der Waals surface area contributed by atoms with E-state index in [0.29, 0.717) is 40.2 Å². The molecule has 1 aliphatic rings. The molecule has 0 bridgehead atoms. The number of aromatic nitrogens is 4. The van der Waals surface area contributed by atoms with E-state index < -0.39 is 9.84 Å². The number of anilines is 1. The molecule has 5 rings (SSSR count). The first-order chi connectivity index (χ1) is 15.8. The Balaban J connectivity index is 1.68. The summed E-state index contributed by atoms with van der Waals surface area (Å²) in [6.45, 7) is 3.88. The molecular formula is C23H23N5O4S. The quantitative estimate of drug-likeness (QED) is 0.478. The summed E-state index contributed by atoms with van der Waals surface area (Å²) in [6.07, 6.45) is 2.76. The number of benzene rings is 1. The summed E-state index contributed by atoms with van der Waals surface area (Å²) in [6, 6.07) is 11.0. The van der Waals surface area contributed by atoms with Gasteiger partial charge in [0, 0.05) is 11.6 Å². The number of hydrogen-bond donors (Lipinski definition) is 1. The van der Waals surface area contributed by atoms with Crippen LogP contribution in [0.1, 0.15) is 41.0 Å². The van der Waals surface area contributed by atoms with Crippen LogP contribution in [-0.2, 0) is 16.3 Å². The molecule has 4 heterocycles. The molecule has 170 valence electrons. The van der Waals surface area contributed by atoms with Crippen LogP contribution in [0, 0.1) is 6.92 Å². The molecule has 3 aromatic heterocycles. The first-order valence-corrected chi connectivity index (χ1v) is 12.6. The summed E-state index contributed by atoms with van der Waals surface area (Å²) in [5.74, 6) is 0.0615. The predicted molar refractivity (Wildman–Crippen MR) is 124 cm³/mol. The highest BCUT2D eigenvalue weighted by Crippen LogP contribution is 2.32. The first-order valence-electron chi connectivity index (χ1n) is 10.8. The molecule has 1 atom stereocenters. The Morgan fingerprint density at radius 1 is 1.24 bits per heavy atom. The normalized spacial score (nSPS) is 17.5. The molecule has 33 heavy (non-hydrogen) atoms. The molecule has 10 heteroatoms. The van der Waals surface area contributed by atoms with Gasteiger partial charge < -0.3 is 9.84 Å². The highest BCUT2D eigenvalue weighted by Gasteiger charge is 2.32. The van der Waals surface area contributed by atoms with Crippen LogP contribution in [0.4, 0.5) is 5.82 Å². The summed E-state index contributed by atoms with van der Waals surface area (Å²) in [5.41, 5.74) is 4.16. The predicted octanol–water partition coefficient (Wildman–Crippen LogP) is 3.57. The Morgan fingerprint density at radius 2 is 2.03 bits per heavy atom. The Labute approximate surface area is 190 Å². The van der Waals surface area contributed by atoms with E-state index in [9.17, 15) is 13.2 Å². The van der Waals surface area contributed by atoms with Gasteiger partial charge in [-0.25, -0.2) is 18.1 Å². The van der Waals surface area contributed by atoms with E-state index in [0.717, 1.165) is 12.0 Å². The van der Waals surface area contributed by atoms with Gasteiger partial charge in [-0.1, -0.05) is 36.3 Å². The minimum Gasteiger partial charge on any atom is -0.363 e. The highest BCUT2D eigenvalue weighted by atomic mass is 32.2. The van der Waals surface area contributed by atoms with E-state index in [1.807, 2.05) is 24.3 Å². The summed E-state index contributed by atoms with van der Waals surface area (Å²) in [4.78, 5) is 18.1. The maximum Gasteiger partial charge on any atom is 0.257 e. The van der Waals surface area contributed by atoms with Crippen molar-refractivity contribution in [1.29, 1.82) is 0 Å². The molecule has 0 aliphatic carbocycles. The zero-order chi connectivity index (χ0) is 23.2. The van der Waals surface area contributed by atoms with Crippen molar-refractivity contribution in [2.75, 3.05) is 16.8 Å². The summed E-state index contributed by atoms with van der Waals surface area (Å²) in [5, 5.41) is 11.7. The summed E-state index contributed by atoms with van der Waals surface area (Å²) < 4.78 is 30.7. The average molecular weight is 466 g/mol. The van der Waals surface area contributed by atoms with E-state index in [4.69, 9.17) is 9.51 Å². The van der Waals surface area contributed by atoms with E-state index in [1.165, 1.54) is 11.8 Å². The van der Waals surface area contributed by atoms with Crippen LogP contribution in [0.2, 0.25) is 0 Å². The van der Waals surface area contributed by atoms with E-state index >= 15 is 0 Å². The standard InChI is InChI=1S/C23H23N5O4S/c1-3-15-4-6-16(7-5-15)19-12-18(23(29)25-20-8-10-32-27-20)21-14(2)26-28(22(21)24-19)17-9-11-33(30,31)13-17/h4-8,10,12,17H,3,9,11,13H2,1-2H3,(H,25,27,29). The van der Waals surface area contributed by atoms with Crippen LogP contribution in [0.25, 0.3) is 22.3 Å². The number of aryl methyl sites for hydroxylation is 2. The van der Waals surface area contributed by atoms with Crippen LogP contribution in [0.15, 0.2) is 47.2 Å². The van der Waals surface area contributed by atoms with Gasteiger partial charge in [-0.15, -0.1) is 0 Å². The maximum atomic E-state index is 13.2. The minimum absolute atomic E-state index is 0.0147. The number of rotatable bonds is 5. The van der Waals surface area contributed by atoms with Gasteiger partial charge in [0.05, 0.1) is 39.9 Å². The molecule has 1 fully saturated rings. The van der Waals surface area contributed by atoms with Gasteiger partial charge in [0.15, 0.2) is 21.3 Å². The number of nitrogens with zero attached hydrogens (tertiary/aromatic N) is 4. The Morgan fingerprint density at radius 3 is 2.67 bits per heavy atom. The Hall–Kier alpha value is -3.53. The number of sulfone groups is 1. The number of hydrogen-bond acceptors (Lipinski definition) is 7. The molecule has 0 spiro atoms. The molecule has 1 N–H and O–H groups in total. The molecule has 1 aromatic carbocycles. The number of pyridine rings is 1. The smallest absolute Gasteiger partial charge is 0.257 e. The molecule has 1 unspecified atom stereocenters. The lowest BCUT2D eigenvalue weighted by Gasteiger charge is -2.12. The van der Waals surface area contributed by atoms with E-state index in [1.54, 1.807) is 23.7 Å². The van der Waals surface area contributed by atoms with E-state index in [-0.39, 0.29) is 23.5 Å². The average Bonchev–Trinajstić information content (AvgIpc) is 3.52. The third-order valence-corrected chi connectivity index (χ3v) is 7.72. The van der Waals surface area contributed by atoms with Gasteiger partial charge in [-0.3, -0.25) is 4.79 Å². The number of fused-ring (bicyclic) bond motifs is 1. The molecule has 1 amide bonds. The van der Waals surface area contributed by atoms with Crippen molar-refractivity contribution in [3.8, 4) is 11.3 Å². The number of carbonyl (C=O) groups is 1. The number of amides is 1. The number of carbonyl (C=O) groups excluding carboxylic acids is 1. The second-order valence-electron chi connectivity index (χ2n) is 8.23. The van der Waals surface area contributed by atoms with Gasteiger partial charge in [-0.2, -0.15) is 5.10 Å². The fourth-order valence-electron chi connectivity index (χ4n) is 4.23. The zero-order valence-corrected chi connectivity index (χ0v) is 19.1. The van der Waals surface area contributed by atoms with Crippen LogP contribution in [-0.4, -0.2) is 45.8 Å². The van der Waals surface area contributed by atoms with Crippen LogP contribution in [0.5, 0.6) is 0 Å². The Bertz CT molecular complexity index is 1440. The van der Waals surface area contributed by atoms with Crippen molar-refractivity contribution in [3.05, 3.63) is 59.5 Å². The molecular weight excluding hydrogens is 442 g/mol. The van der Waals surface area contributed by atoms with E-state index in [2.05, 4.69) is 22.5 Å². The summed E-state index contributed by atoms with van der Waals surface area (Å²) in [7, 11) is -3.12. The fraction of sp³-hybridized carbons (Fsp3) is 0.304. The van der Waals surface area contributed by atoms with Crippen LogP contribution in [0.3, 0.4) is 0 Å². The Kier molecular flexibility index (Phi) is 5.24. The highest BCUT2D eigenvalue weighted by molar-refractivity contribution is 7.91. The fourth-order valence-corrected chi connectivity index (χ4v) is 5.93. The van der Waals surface area contributed by atoms with Crippen molar-refractivity contribution in [2.45, 2.75) is 32.7 Å². The second-order valence-corrected chi connectivity index (χ2v) is 10.5. The molecule has 1 aliphatic heterocycles. The minimum atomic E-state index is -3.12. The molecule has 0 radical (unpaired) electrons. The van der Waals surface area contributed by atoms with Gasteiger partial charge in [0.1, 0.15) is 6.26 Å². The third-order valence-electron chi connectivity index (χ3n) is 5.97. The SMILES string of the molecule is CCc1ccc(-c2cc(C(=O)Nc3ccon3)c3c(C)nn(C4CCS(=O)(=O)C4)c3n2)cc1. The zero-order valence-electron chi connectivity index (χ0n) is 18.3. The van der Waals surface area contributed by atoms with Crippen LogP contribution < -0.4 is 5.32 Å². The van der Waals surface area contributed by atoms with Gasteiger partial charge in [-0.05, 0) is 31.4 Å². The maximum absolute atomic E-state index is 13.2. The second kappa shape index (κ2) is 8.11. The topological polar surface area (TPSA) is 120 Å². The third kappa shape index (κ3) is 4.02. The molecule has 1 saturated heterocycles. The molecule has 4 aromatic rings. The molecule has 9 nitrogen and oxygen atoms in total. The lowest BCUT2D eigenvalue weighted by molar-refractivity contribution is 0.102. The van der Waals surface area contributed by atoms with Gasteiger partial charge >= 0.3 is 0 Å². The number of nitrogens with one attached hydrogen (secondary N) is 1. The van der Waals surface area contributed by atoms with Gasteiger partial charge in [0.2, 0.25) is 0 Å².